The minimum absolute atomic E-state index is 0. The van der Waals surface area contributed by atoms with E-state index in [0.29, 0.717) is 0 Å². The van der Waals surface area contributed by atoms with Gasteiger partial charge in [0.2, 0.25) is 0 Å². The molecule has 0 amide bonds. The molecule has 0 aromatic heterocycles. The Morgan fingerprint density at radius 1 is 1.08 bits per heavy atom. The van der Waals surface area contributed by atoms with Crippen molar-refractivity contribution in [3.05, 3.63) is 35.9 Å². The molecule has 0 aliphatic rings. The van der Waals surface area contributed by atoms with Crippen LogP contribution in [0.5, 0.6) is 0 Å². The van der Waals surface area contributed by atoms with Crippen LogP contribution in [0.2, 0.25) is 0 Å². The maximum absolute atomic E-state index is 7.00. The lowest BCUT2D eigenvalue weighted by atomic mass is 10.2. The first-order valence-electron chi connectivity index (χ1n) is 3.39. The summed E-state index contributed by atoms with van der Waals surface area (Å²) >= 11 is 9.53. The van der Waals surface area contributed by atoms with Crippen molar-refractivity contribution >= 4 is 23.2 Å². The number of aryl methyl sites for hydroxylation is 1. The van der Waals surface area contributed by atoms with Crippen LogP contribution >= 0.6 is 23.2 Å². The molecule has 0 saturated heterocycles. The standard InChI is InChI=1S/C7H8.CH2Cl2.CH4O.H2O/c1-7-5-3-2-4-6-7;2-1-3;1-2;/h2-6H,1H3;1H2;2H,1H3;1H2. The van der Waals surface area contributed by atoms with Crippen LogP contribution in [0.15, 0.2) is 30.3 Å². The molecule has 4 heteroatoms. The fourth-order valence-corrected chi connectivity index (χ4v) is 0.534. The van der Waals surface area contributed by atoms with E-state index in [-0.39, 0.29) is 10.8 Å². The molecule has 1 aromatic carbocycles. The Balaban J connectivity index is -0.000000146. The molecule has 0 radical (unpaired) electrons. The Kier molecular flexibility index (Phi) is 25.2. The van der Waals surface area contributed by atoms with Gasteiger partial charge in [0.1, 0.15) is 0 Å². The van der Waals surface area contributed by atoms with Crippen LogP contribution in [0.4, 0.5) is 0 Å². The molecular weight excluding hydrogens is 211 g/mol. The van der Waals surface area contributed by atoms with E-state index >= 15 is 0 Å². The van der Waals surface area contributed by atoms with Gasteiger partial charge in [0.25, 0.3) is 0 Å². The minimum Gasteiger partial charge on any atom is -0.412 e. The molecule has 2 nitrogen and oxygen atoms in total. The van der Waals surface area contributed by atoms with Gasteiger partial charge < -0.3 is 10.6 Å². The third kappa shape index (κ3) is 18.6. The molecular formula is C9H16Cl2O2. The van der Waals surface area contributed by atoms with Crippen LogP contribution in [-0.2, 0) is 0 Å². The molecule has 0 atom stereocenters. The maximum Gasteiger partial charge on any atom is 0.0967 e. The van der Waals surface area contributed by atoms with Gasteiger partial charge in [-0.3, -0.25) is 0 Å². The van der Waals surface area contributed by atoms with Crippen molar-refractivity contribution in [3.63, 3.8) is 0 Å². The summed E-state index contributed by atoms with van der Waals surface area (Å²) in [7, 11) is 1.00. The lowest BCUT2D eigenvalue weighted by Crippen LogP contribution is -1.62. The summed E-state index contributed by atoms with van der Waals surface area (Å²) in [5.74, 6) is 0. The number of aliphatic hydroxyl groups excluding tert-OH is 1. The molecule has 0 fully saturated rings. The topological polar surface area (TPSA) is 51.7 Å². The van der Waals surface area contributed by atoms with Gasteiger partial charge in [-0.05, 0) is 6.92 Å². The van der Waals surface area contributed by atoms with Gasteiger partial charge in [-0.15, -0.1) is 23.2 Å². The number of benzene rings is 1. The normalized spacial score (nSPS) is 6.54. The molecule has 0 aliphatic heterocycles. The van der Waals surface area contributed by atoms with E-state index in [4.69, 9.17) is 28.3 Å². The number of hydrogen-bond acceptors (Lipinski definition) is 1. The van der Waals surface area contributed by atoms with E-state index in [9.17, 15) is 0 Å². The van der Waals surface area contributed by atoms with Crippen molar-refractivity contribution in [2.75, 3.05) is 12.4 Å². The summed E-state index contributed by atoms with van der Waals surface area (Å²) in [5, 5.41) is 7.19. The largest absolute Gasteiger partial charge is 0.412 e. The molecule has 0 aliphatic carbocycles. The second-order valence-electron chi connectivity index (χ2n) is 1.76. The third-order valence-electron chi connectivity index (χ3n) is 0.940. The molecule has 0 spiro atoms. The summed E-state index contributed by atoms with van der Waals surface area (Å²) in [6, 6.07) is 10.3. The number of hydrogen-bond donors (Lipinski definition) is 1. The van der Waals surface area contributed by atoms with Crippen LogP contribution in [0, 0.1) is 6.92 Å². The molecule has 0 heterocycles. The van der Waals surface area contributed by atoms with Gasteiger partial charge in [-0.1, -0.05) is 35.9 Å². The summed E-state index contributed by atoms with van der Waals surface area (Å²) < 4.78 is 0. The predicted molar refractivity (Wildman–Crippen MR) is 59.5 cm³/mol. The minimum atomic E-state index is 0. The molecule has 78 valence electrons. The Morgan fingerprint density at radius 3 is 1.54 bits per heavy atom. The summed E-state index contributed by atoms with van der Waals surface area (Å²) in [5.41, 5.74) is 1.32. The highest BCUT2D eigenvalue weighted by Gasteiger charge is 1.72. The molecule has 0 saturated carbocycles. The second kappa shape index (κ2) is 17.7. The highest BCUT2D eigenvalue weighted by atomic mass is 35.5. The summed E-state index contributed by atoms with van der Waals surface area (Å²) in [4.78, 5) is 0. The molecule has 0 unspecified atom stereocenters. The highest BCUT2D eigenvalue weighted by Crippen LogP contribution is 1.92. The smallest absolute Gasteiger partial charge is 0.0967 e. The van der Waals surface area contributed by atoms with Gasteiger partial charge in [0, 0.05) is 7.11 Å². The summed E-state index contributed by atoms with van der Waals surface area (Å²) in [6.45, 7) is 2.08. The SMILES string of the molecule is CO.Cc1ccccc1.ClCCl.O. The number of aliphatic hydroxyl groups is 1. The summed E-state index contributed by atoms with van der Waals surface area (Å²) in [6.07, 6.45) is 0. The van der Waals surface area contributed by atoms with Gasteiger partial charge in [0.15, 0.2) is 0 Å². The Labute approximate surface area is 89.4 Å². The van der Waals surface area contributed by atoms with Crippen LogP contribution in [-0.4, -0.2) is 23.0 Å². The van der Waals surface area contributed by atoms with E-state index in [0.717, 1.165) is 7.11 Å². The Bertz CT molecular complexity index is 157. The fraction of sp³-hybridized carbons (Fsp3) is 0.333. The van der Waals surface area contributed by atoms with E-state index in [1.807, 2.05) is 18.2 Å². The predicted octanol–water partition coefficient (Wildman–Crippen LogP) is 2.20. The van der Waals surface area contributed by atoms with Crippen molar-refractivity contribution in [1.82, 2.24) is 0 Å². The van der Waals surface area contributed by atoms with E-state index in [2.05, 4.69) is 19.1 Å². The van der Waals surface area contributed by atoms with Gasteiger partial charge in [-0.25, -0.2) is 0 Å². The van der Waals surface area contributed by atoms with Crippen molar-refractivity contribution in [2.24, 2.45) is 0 Å². The van der Waals surface area contributed by atoms with Gasteiger partial charge >= 0.3 is 0 Å². The Morgan fingerprint density at radius 2 is 1.38 bits per heavy atom. The van der Waals surface area contributed by atoms with Crippen LogP contribution in [0.1, 0.15) is 5.56 Å². The zero-order valence-corrected chi connectivity index (χ0v) is 9.31. The second-order valence-corrected chi connectivity index (χ2v) is 2.56. The van der Waals surface area contributed by atoms with Crippen LogP contribution < -0.4 is 0 Å². The lowest BCUT2D eigenvalue weighted by Gasteiger charge is -1.82. The monoisotopic (exact) mass is 226 g/mol. The highest BCUT2D eigenvalue weighted by molar-refractivity contribution is 6.40. The zero-order chi connectivity index (χ0) is 9.82. The van der Waals surface area contributed by atoms with Crippen molar-refractivity contribution in [3.8, 4) is 0 Å². The van der Waals surface area contributed by atoms with E-state index in [1.54, 1.807) is 0 Å². The molecule has 0 bridgehead atoms. The van der Waals surface area contributed by atoms with Crippen molar-refractivity contribution < 1.29 is 10.6 Å². The first kappa shape index (κ1) is 18.5. The fourth-order valence-electron chi connectivity index (χ4n) is 0.534. The first-order chi connectivity index (χ1) is 5.81. The lowest BCUT2D eigenvalue weighted by molar-refractivity contribution is 0.399. The average molecular weight is 227 g/mol. The van der Waals surface area contributed by atoms with Crippen molar-refractivity contribution in [2.45, 2.75) is 6.92 Å². The van der Waals surface area contributed by atoms with Crippen molar-refractivity contribution in [1.29, 1.82) is 0 Å². The first-order valence-corrected chi connectivity index (χ1v) is 4.46. The number of halogens is 2. The van der Waals surface area contributed by atoms with Gasteiger partial charge in [-0.2, -0.15) is 0 Å². The van der Waals surface area contributed by atoms with E-state index < -0.39 is 0 Å². The average Bonchev–Trinajstić information content (AvgIpc) is 2.11. The number of rotatable bonds is 0. The van der Waals surface area contributed by atoms with Crippen LogP contribution in [0.25, 0.3) is 0 Å². The van der Waals surface area contributed by atoms with Gasteiger partial charge in [0.05, 0.1) is 5.34 Å². The molecule has 3 N–H and O–H groups in total. The molecule has 13 heavy (non-hydrogen) atoms. The number of alkyl halides is 2. The zero-order valence-electron chi connectivity index (χ0n) is 7.80. The van der Waals surface area contributed by atoms with E-state index in [1.165, 1.54) is 5.56 Å². The maximum atomic E-state index is 7.00. The quantitative estimate of drug-likeness (QED) is 0.678. The third-order valence-corrected chi connectivity index (χ3v) is 0.940. The molecule has 1 aromatic rings. The van der Waals surface area contributed by atoms with Crippen LogP contribution in [0.3, 0.4) is 0 Å². The Hall–Kier alpha value is -0.280. The molecule has 1 rings (SSSR count).